The number of nitrogens with one attached hydrogen (secondary N) is 1. The molecule has 94 valence electrons. The van der Waals surface area contributed by atoms with Gasteiger partial charge < -0.3 is 10.1 Å². The van der Waals surface area contributed by atoms with E-state index in [1.165, 1.54) is 11.3 Å². The molecule has 4 nitrogen and oxygen atoms in total. The fraction of sp³-hybridized carbons (Fsp3) is 0.583. The first-order valence-electron chi connectivity index (χ1n) is 5.90. The fourth-order valence-electron chi connectivity index (χ4n) is 1.84. The van der Waals surface area contributed by atoms with Crippen molar-refractivity contribution < 1.29 is 9.53 Å². The lowest BCUT2D eigenvalue weighted by Gasteiger charge is -2.26. The number of thiophene rings is 1. The summed E-state index contributed by atoms with van der Waals surface area (Å²) in [6.45, 7) is 7.11. The van der Waals surface area contributed by atoms with Crippen molar-refractivity contribution in [3.63, 3.8) is 0 Å². The third-order valence-corrected chi connectivity index (χ3v) is 3.90. The van der Waals surface area contributed by atoms with E-state index in [2.05, 4.69) is 10.2 Å². The molecule has 1 aliphatic rings. The number of carbonyl (C=O) groups is 1. The second-order valence-corrected chi connectivity index (χ2v) is 5.06. The Morgan fingerprint density at radius 3 is 2.94 bits per heavy atom. The summed E-state index contributed by atoms with van der Waals surface area (Å²) >= 11 is 1.50. The summed E-state index contributed by atoms with van der Waals surface area (Å²) in [5.41, 5.74) is 1.05. The highest BCUT2D eigenvalue weighted by Gasteiger charge is 2.12. The summed E-state index contributed by atoms with van der Waals surface area (Å²) in [6, 6.07) is 1.97. The van der Waals surface area contributed by atoms with E-state index in [1.807, 2.05) is 18.4 Å². The number of hydrogen-bond donors (Lipinski definition) is 1. The molecule has 0 spiro atoms. The van der Waals surface area contributed by atoms with E-state index in [4.69, 9.17) is 4.74 Å². The Balaban J connectivity index is 1.71. The van der Waals surface area contributed by atoms with Crippen LogP contribution in [0.1, 0.15) is 15.2 Å². The number of morpholine rings is 1. The van der Waals surface area contributed by atoms with Crippen molar-refractivity contribution in [3.05, 3.63) is 21.9 Å². The molecule has 0 aromatic carbocycles. The molecule has 0 aliphatic carbocycles. The molecule has 1 N–H and O–H groups in total. The van der Waals surface area contributed by atoms with Crippen LogP contribution in [0.4, 0.5) is 0 Å². The Morgan fingerprint density at radius 2 is 2.29 bits per heavy atom. The molecule has 0 atom stereocenters. The average Bonchev–Trinajstić information content (AvgIpc) is 2.77. The van der Waals surface area contributed by atoms with Crippen LogP contribution < -0.4 is 5.32 Å². The molecule has 2 heterocycles. The minimum atomic E-state index is 0.0470. The van der Waals surface area contributed by atoms with Gasteiger partial charge in [-0.25, -0.2) is 0 Å². The molecule has 1 amide bonds. The summed E-state index contributed by atoms with van der Waals surface area (Å²) in [5, 5.41) is 4.91. The SMILES string of the molecule is Cc1ccsc1C(=O)NCCN1CCOCC1. The van der Waals surface area contributed by atoms with E-state index in [-0.39, 0.29) is 5.91 Å². The molecule has 1 aromatic rings. The van der Waals surface area contributed by atoms with Crippen molar-refractivity contribution in [3.8, 4) is 0 Å². The van der Waals surface area contributed by atoms with Gasteiger partial charge in [0.2, 0.25) is 0 Å². The number of nitrogens with zero attached hydrogens (tertiary/aromatic N) is 1. The zero-order valence-corrected chi connectivity index (χ0v) is 10.9. The van der Waals surface area contributed by atoms with Crippen LogP contribution in [-0.2, 0) is 4.74 Å². The van der Waals surface area contributed by atoms with Crippen LogP contribution in [0, 0.1) is 6.92 Å². The molecule has 0 unspecified atom stereocenters. The van der Waals surface area contributed by atoms with Crippen molar-refractivity contribution in [2.45, 2.75) is 6.92 Å². The highest BCUT2D eigenvalue weighted by Crippen LogP contribution is 2.14. The molecule has 0 bridgehead atoms. The van der Waals surface area contributed by atoms with Gasteiger partial charge in [-0.05, 0) is 23.9 Å². The molecule has 1 fully saturated rings. The lowest BCUT2D eigenvalue weighted by molar-refractivity contribution is 0.0383. The van der Waals surface area contributed by atoms with Gasteiger partial charge in [0.05, 0.1) is 18.1 Å². The Labute approximate surface area is 106 Å². The normalized spacial score (nSPS) is 17.0. The van der Waals surface area contributed by atoms with Gasteiger partial charge in [-0.2, -0.15) is 0 Å². The lowest BCUT2D eigenvalue weighted by atomic mass is 10.3. The predicted molar refractivity (Wildman–Crippen MR) is 68.6 cm³/mol. The molecular formula is C12H18N2O2S. The summed E-state index contributed by atoms with van der Waals surface area (Å²) < 4.78 is 5.27. The number of rotatable bonds is 4. The zero-order valence-electron chi connectivity index (χ0n) is 10.1. The Morgan fingerprint density at radius 1 is 1.53 bits per heavy atom. The first-order valence-corrected chi connectivity index (χ1v) is 6.78. The first kappa shape index (κ1) is 12.5. The molecule has 0 radical (unpaired) electrons. The second-order valence-electron chi connectivity index (χ2n) is 4.14. The van der Waals surface area contributed by atoms with Gasteiger partial charge in [-0.15, -0.1) is 11.3 Å². The number of aryl methyl sites for hydroxylation is 1. The van der Waals surface area contributed by atoms with Crippen molar-refractivity contribution >= 4 is 17.2 Å². The quantitative estimate of drug-likeness (QED) is 0.875. The van der Waals surface area contributed by atoms with Crippen molar-refractivity contribution in [1.29, 1.82) is 0 Å². The Bertz CT molecular complexity index is 372. The lowest BCUT2D eigenvalue weighted by Crippen LogP contribution is -2.41. The van der Waals surface area contributed by atoms with E-state index in [9.17, 15) is 4.79 Å². The van der Waals surface area contributed by atoms with Crippen molar-refractivity contribution in [2.24, 2.45) is 0 Å². The summed E-state index contributed by atoms with van der Waals surface area (Å²) in [7, 11) is 0. The molecule has 1 aliphatic heterocycles. The van der Waals surface area contributed by atoms with E-state index in [0.717, 1.165) is 43.3 Å². The summed E-state index contributed by atoms with van der Waals surface area (Å²) in [6.07, 6.45) is 0. The smallest absolute Gasteiger partial charge is 0.261 e. The van der Waals surface area contributed by atoms with Gasteiger partial charge in [0.15, 0.2) is 0 Å². The van der Waals surface area contributed by atoms with Crippen LogP contribution in [-0.4, -0.2) is 50.2 Å². The minimum Gasteiger partial charge on any atom is -0.379 e. The summed E-state index contributed by atoms with van der Waals surface area (Å²) in [5.74, 6) is 0.0470. The fourth-order valence-corrected chi connectivity index (χ4v) is 2.68. The number of amides is 1. The molecule has 5 heteroatoms. The molecular weight excluding hydrogens is 236 g/mol. The maximum atomic E-state index is 11.8. The van der Waals surface area contributed by atoms with Crippen LogP contribution in [0.3, 0.4) is 0 Å². The topological polar surface area (TPSA) is 41.6 Å². The van der Waals surface area contributed by atoms with E-state index < -0.39 is 0 Å². The molecule has 1 aromatic heterocycles. The first-order chi connectivity index (χ1) is 8.27. The Hall–Kier alpha value is -0.910. The Kier molecular flexibility index (Phi) is 4.53. The van der Waals surface area contributed by atoms with Crippen LogP contribution in [0.25, 0.3) is 0 Å². The van der Waals surface area contributed by atoms with Crippen LogP contribution in [0.5, 0.6) is 0 Å². The third kappa shape index (κ3) is 3.52. The van der Waals surface area contributed by atoms with Crippen LogP contribution >= 0.6 is 11.3 Å². The van der Waals surface area contributed by atoms with Gasteiger partial charge in [-0.1, -0.05) is 0 Å². The van der Waals surface area contributed by atoms with E-state index in [1.54, 1.807) is 0 Å². The zero-order chi connectivity index (χ0) is 12.1. The van der Waals surface area contributed by atoms with Crippen LogP contribution in [0.15, 0.2) is 11.4 Å². The standard InChI is InChI=1S/C12H18N2O2S/c1-10-2-9-17-11(10)12(15)13-3-4-14-5-7-16-8-6-14/h2,9H,3-8H2,1H3,(H,13,15). The maximum Gasteiger partial charge on any atom is 0.261 e. The highest BCUT2D eigenvalue weighted by molar-refractivity contribution is 7.12. The van der Waals surface area contributed by atoms with E-state index in [0.29, 0.717) is 6.54 Å². The van der Waals surface area contributed by atoms with Gasteiger partial charge in [-0.3, -0.25) is 9.69 Å². The predicted octanol–water partition coefficient (Wildman–Crippen LogP) is 1.12. The van der Waals surface area contributed by atoms with Crippen molar-refractivity contribution in [1.82, 2.24) is 10.2 Å². The third-order valence-electron chi connectivity index (χ3n) is 2.89. The van der Waals surface area contributed by atoms with Gasteiger partial charge >= 0.3 is 0 Å². The number of hydrogen-bond acceptors (Lipinski definition) is 4. The van der Waals surface area contributed by atoms with E-state index >= 15 is 0 Å². The second kappa shape index (κ2) is 6.14. The van der Waals surface area contributed by atoms with Gasteiger partial charge in [0, 0.05) is 26.2 Å². The monoisotopic (exact) mass is 254 g/mol. The largest absolute Gasteiger partial charge is 0.379 e. The minimum absolute atomic E-state index is 0.0470. The molecule has 17 heavy (non-hydrogen) atoms. The number of ether oxygens (including phenoxy) is 1. The summed E-state index contributed by atoms with van der Waals surface area (Å²) in [4.78, 5) is 15.0. The van der Waals surface area contributed by atoms with Gasteiger partial charge in [0.1, 0.15) is 0 Å². The highest BCUT2D eigenvalue weighted by atomic mass is 32.1. The molecule has 2 rings (SSSR count). The van der Waals surface area contributed by atoms with Gasteiger partial charge in [0.25, 0.3) is 5.91 Å². The number of carbonyl (C=O) groups excluding carboxylic acids is 1. The molecule has 0 saturated carbocycles. The maximum absolute atomic E-state index is 11.8. The van der Waals surface area contributed by atoms with Crippen molar-refractivity contribution in [2.75, 3.05) is 39.4 Å². The molecule has 1 saturated heterocycles. The average molecular weight is 254 g/mol. The van der Waals surface area contributed by atoms with Crippen LogP contribution in [0.2, 0.25) is 0 Å².